The fourth-order valence-corrected chi connectivity index (χ4v) is 3.34. The molecule has 0 radical (unpaired) electrons. The maximum atomic E-state index is 13.1. The van der Waals surface area contributed by atoms with Crippen LogP contribution in [0.5, 0.6) is 6.01 Å². The number of rotatable bonds is 6. The van der Waals surface area contributed by atoms with Gasteiger partial charge in [0.15, 0.2) is 17.3 Å². The van der Waals surface area contributed by atoms with Crippen molar-refractivity contribution in [3.05, 3.63) is 10.4 Å². The van der Waals surface area contributed by atoms with Crippen LogP contribution in [0.1, 0.15) is 40.0 Å². The van der Waals surface area contributed by atoms with Gasteiger partial charge in [0.2, 0.25) is 5.95 Å². The standard InChI is InChI=1S/C20H27N5O4/c1-5-7-13-25-15-16(21-19(25)24-11-9-8-10-12-24)22-20(23(4)17(15)26)29-14(3)18(27)28-6-2/h14H,6,8-13H2,1-4H3. The van der Waals surface area contributed by atoms with Crippen molar-refractivity contribution < 1.29 is 14.3 Å². The van der Waals surface area contributed by atoms with Gasteiger partial charge in [-0.05, 0) is 40.0 Å². The van der Waals surface area contributed by atoms with Crippen molar-refractivity contribution in [3.63, 3.8) is 0 Å². The summed E-state index contributed by atoms with van der Waals surface area (Å²) in [5, 5.41) is 0. The number of fused-ring (bicyclic) bond motifs is 1. The van der Waals surface area contributed by atoms with E-state index in [-0.39, 0.29) is 23.8 Å². The number of ether oxygens (including phenoxy) is 2. The maximum Gasteiger partial charge on any atom is 0.347 e. The lowest BCUT2D eigenvalue weighted by Crippen LogP contribution is -2.32. The van der Waals surface area contributed by atoms with Crippen molar-refractivity contribution in [1.82, 2.24) is 19.1 Å². The Balaban J connectivity index is 2.07. The van der Waals surface area contributed by atoms with Crippen LogP contribution in [0.2, 0.25) is 0 Å². The molecule has 156 valence electrons. The van der Waals surface area contributed by atoms with E-state index in [1.165, 1.54) is 11.0 Å². The van der Waals surface area contributed by atoms with Gasteiger partial charge in [0.25, 0.3) is 5.56 Å². The molecule has 29 heavy (non-hydrogen) atoms. The Hall–Kier alpha value is -3.02. The Morgan fingerprint density at radius 3 is 2.62 bits per heavy atom. The molecule has 3 heterocycles. The number of nitrogens with zero attached hydrogens (tertiary/aromatic N) is 5. The summed E-state index contributed by atoms with van der Waals surface area (Å²) in [5.41, 5.74) is 0.374. The highest BCUT2D eigenvalue weighted by Gasteiger charge is 2.25. The van der Waals surface area contributed by atoms with E-state index < -0.39 is 12.1 Å². The van der Waals surface area contributed by atoms with E-state index in [1.807, 2.05) is 4.57 Å². The summed E-state index contributed by atoms with van der Waals surface area (Å²) in [4.78, 5) is 36.2. The summed E-state index contributed by atoms with van der Waals surface area (Å²) in [6, 6.07) is 0.0273. The van der Waals surface area contributed by atoms with Crippen LogP contribution in [0.25, 0.3) is 11.2 Å². The van der Waals surface area contributed by atoms with E-state index in [1.54, 1.807) is 27.8 Å². The van der Waals surface area contributed by atoms with E-state index in [0.29, 0.717) is 18.0 Å². The molecule has 0 N–H and O–H groups in total. The average Bonchev–Trinajstić information content (AvgIpc) is 3.09. The Kier molecular flexibility index (Phi) is 6.42. The third kappa shape index (κ3) is 4.21. The number of carbonyl (C=O) groups is 1. The van der Waals surface area contributed by atoms with Crippen LogP contribution in [0, 0.1) is 11.8 Å². The van der Waals surface area contributed by atoms with E-state index >= 15 is 0 Å². The first-order valence-electron chi connectivity index (χ1n) is 9.93. The molecule has 1 unspecified atom stereocenters. The summed E-state index contributed by atoms with van der Waals surface area (Å²) in [7, 11) is 1.56. The van der Waals surface area contributed by atoms with Gasteiger partial charge in [0.05, 0.1) is 13.2 Å². The summed E-state index contributed by atoms with van der Waals surface area (Å²) in [5.74, 6) is 6.08. The molecule has 1 saturated heterocycles. The zero-order valence-corrected chi connectivity index (χ0v) is 17.4. The highest BCUT2D eigenvalue weighted by molar-refractivity contribution is 5.76. The van der Waals surface area contributed by atoms with Crippen molar-refractivity contribution >= 4 is 23.1 Å². The maximum absolute atomic E-state index is 13.1. The fourth-order valence-electron chi connectivity index (χ4n) is 3.34. The Bertz CT molecular complexity index is 1010. The van der Waals surface area contributed by atoms with Crippen molar-refractivity contribution in [3.8, 4) is 17.9 Å². The lowest BCUT2D eigenvalue weighted by Gasteiger charge is -2.27. The first kappa shape index (κ1) is 20.7. The second kappa shape index (κ2) is 8.99. The number of imidazole rings is 1. The van der Waals surface area contributed by atoms with Gasteiger partial charge in [-0.1, -0.05) is 5.92 Å². The minimum Gasteiger partial charge on any atom is -0.463 e. The smallest absolute Gasteiger partial charge is 0.347 e. The van der Waals surface area contributed by atoms with Crippen molar-refractivity contribution in [1.29, 1.82) is 0 Å². The molecule has 0 saturated carbocycles. The Morgan fingerprint density at radius 2 is 1.97 bits per heavy atom. The minimum atomic E-state index is -0.889. The fraction of sp³-hybridized carbons (Fsp3) is 0.600. The molecule has 3 rings (SSSR count). The van der Waals surface area contributed by atoms with Gasteiger partial charge in [-0.2, -0.15) is 9.97 Å². The second-order valence-electron chi connectivity index (χ2n) is 6.92. The van der Waals surface area contributed by atoms with E-state index in [4.69, 9.17) is 9.47 Å². The molecule has 1 aliphatic rings. The second-order valence-corrected chi connectivity index (χ2v) is 6.92. The molecular formula is C20H27N5O4. The Labute approximate surface area is 169 Å². The molecule has 1 atom stereocenters. The van der Waals surface area contributed by atoms with Gasteiger partial charge in [-0.15, -0.1) is 5.92 Å². The van der Waals surface area contributed by atoms with E-state index in [2.05, 4.69) is 26.7 Å². The molecule has 0 bridgehead atoms. The SMILES string of the molecule is CC#CCn1c(N2CCCCC2)nc2nc(OC(C)C(=O)OCC)n(C)c(=O)c21. The van der Waals surface area contributed by atoms with Crippen molar-refractivity contribution in [2.45, 2.75) is 52.7 Å². The number of piperidine rings is 1. The number of esters is 1. The van der Waals surface area contributed by atoms with Crippen molar-refractivity contribution in [2.24, 2.45) is 7.05 Å². The molecule has 9 heteroatoms. The minimum absolute atomic E-state index is 0.0273. The largest absolute Gasteiger partial charge is 0.463 e. The van der Waals surface area contributed by atoms with Gasteiger partial charge < -0.3 is 14.4 Å². The molecule has 0 spiro atoms. The van der Waals surface area contributed by atoms with Gasteiger partial charge in [-0.3, -0.25) is 13.9 Å². The lowest BCUT2D eigenvalue weighted by atomic mass is 10.1. The molecule has 2 aromatic heterocycles. The van der Waals surface area contributed by atoms with Gasteiger partial charge in [0.1, 0.15) is 0 Å². The lowest BCUT2D eigenvalue weighted by molar-refractivity contribution is -0.150. The van der Waals surface area contributed by atoms with Gasteiger partial charge in [0, 0.05) is 20.1 Å². The number of hydrogen-bond donors (Lipinski definition) is 0. The summed E-state index contributed by atoms with van der Waals surface area (Å²) in [6.07, 6.45) is 2.47. The van der Waals surface area contributed by atoms with Crippen LogP contribution in [0.3, 0.4) is 0 Å². The third-order valence-electron chi connectivity index (χ3n) is 4.88. The molecule has 0 aliphatic carbocycles. The summed E-state index contributed by atoms with van der Waals surface area (Å²) < 4.78 is 13.7. The molecule has 0 aromatic carbocycles. The Morgan fingerprint density at radius 1 is 1.24 bits per heavy atom. The topological polar surface area (TPSA) is 91.5 Å². The average molecular weight is 401 g/mol. The highest BCUT2D eigenvalue weighted by atomic mass is 16.6. The van der Waals surface area contributed by atoms with Crippen LogP contribution < -0.4 is 15.2 Å². The first-order valence-corrected chi connectivity index (χ1v) is 9.93. The number of aromatic nitrogens is 4. The monoisotopic (exact) mass is 401 g/mol. The van der Waals surface area contributed by atoms with Crippen LogP contribution in [-0.4, -0.2) is 50.9 Å². The number of anilines is 1. The quantitative estimate of drug-likeness (QED) is 0.535. The summed E-state index contributed by atoms with van der Waals surface area (Å²) in [6.45, 7) is 7.41. The normalized spacial score (nSPS) is 15.0. The van der Waals surface area contributed by atoms with E-state index in [9.17, 15) is 9.59 Å². The van der Waals surface area contributed by atoms with Gasteiger partial charge >= 0.3 is 12.0 Å². The number of hydrogen-bond acceptors (Lipinski definition) is 7. The van der Waals surface area contributed by atoms with E-state index in [0.717, 1.165) is 25.9 Å². The first-order chi connectivity index (χ1) is 14.0. The third-order valence-corrected chi connectivity index (χ3v) is 4.88. The van der Waals surface area contributed by atoms with Crippen LogP contribution >= 0.6 is 0 Å². The molecular weight excluding hydrogens is 374 g/mol. The number of carbonyl (C=O) groups excluding carboxylic acids is 1. The zero-order chi connectivity index (χ0) is 21.0. The predicted molar refractivity (Wildman–Crippen MR) is 109 cm³/mol. The predicted octanol–water partition coefficient (Wildman–Crippen LogP) is 1.47. The van der Waals surface area contributed by atoms with Crippen LogP contribution in [-0.2, 0) is 23.1 Å². The molecule has 2 aromatic rings. The van der Waals surface area contributed by atoms with Crippen molar-refractivity contribution in [2.75, 3.05) is 24.6 Å². The molecule has 1 fully saturated rings. The van der Waals surface area contributed by atoms with Gasteiger partial charge in [-0.25, -0.2) is 4.79 Å². The van der Waals surface area contributed by atoms with Crippen LogP contribution in [0.15, 0.2) is 4.79 Å². The molecule has 9 nitrogen and oxygen atoms in total. The highest BCUT2D eigenvalue weighted by Crippen LogP contribution is 2.24. The summed E-state index contributed by atoms with van der Waals surface area (Å²) >= 11 is 0. The van der Waals surface area contributed by atoms with Crippen LogP contribution in [0.4, 0.5) is 5.95 Å². The molecule has 1 aliphatic heterocycles. The molecule has 0 amide bonds. The zero-order valence-electron chi connectivity index (χ0n) is 17.4.